The molecule has 0 aliphatic heterocycles. The molecule has 3 N–H and O–H groups in total. The highest BCUT2D eigenvalue weighted by atomic mass is 16.5. The lowest BCUT2D eigenvalue weighted by atomic mass is 10.1. The summed E-state index contributed by atoms with van der Waals surface area (Å²) in [5, 5.41) is 4.29. The smallest absolute Gasteiger partial charge is 0.237 e. The number of nitrogens with one attached hydrogen (secondary N) is 1. The van der Waals surface area contributed by atoms with Crippen molar-refractivity contribution in [2.75, 3.05) is 7.11 Å². The molecular weight excluding hydrogens is 232 g/mol. The van der Waals surface area contributed by atoms with Gasteiger partial charge in [-0.05, 0) is 13.0 Å². The largest absolute Gasteiger partial charge is 0.480 e. The first-order chi connectivity index (χ1) is 8.67. The quantitative estimate of drug-likeness (QED) is 0.588. The van der Waals surface area contributed by atoms with Crippen LogP contribution in [0.1, 0.15) is 23.1 Å². The van der Waals surface area contributed by atoms with E-state index in [1.165, 1.54) is 0 Å². The Bertz CT molecular complexity index is 538. The summed E-state index contributed by atoms with van der Waals surface area (Å²) < 4.78 is 6.96. The summed E-state index contributed by atoms with van der Waals surface area (Å²) in [6.07, 6.45) is 3.18. The van der Waals surface area contributed by atoms with Crippen LogP contribution in [0.15, 0.2) is 18.5 Å². The number of rotatable bonds is 4. The Morgan fingerprint density at radius 3 is 2.67 bits per heavy atom. The van der Waals surface area contributed by atoms with Gasteiger partial charge in [0.2, 0.25) is 5.88 Å². The van der Waals surface area contributed by atoms with Gasteiger partial charge in [-0.25, -0.2) is 10.4 Å². The fourth-order valence-electron chi connectivity index (χ4n) is 1.90. The van der Waals surface area contributed by atoms with E-state index in [1.54, 1.807) is 24.2 Å². The third-order valence-electron chi connectivity index (χ3n) is 2.66. The number of hydrogen-bond acceptors (Lipinski definition) is 6. The zero-order valence-corrected chi connectivity index (χ0v) is 10.6. The van der Waals surface area contributed by atoms with Crippen molar-refractivity contribution in [2.45, 2.75) is 13.0 Å². The molecule has 0 aromatic carbocycles. The topological polar surface area (TPSA) is 90.9 Å². The predicted octanol–water partition coefficient (Wildman–Crippen LogP) is 0.0798. The number of nitrogens with zero attached hydrogens (tertiary/aromatic N) is 4. The Morgan fingerprint density at radius 1 is 1.39 bits per heavy atom. The SMILES string of the molecule is COc1nccnc1C(NN)c1cc(C)nn1C. The van der Waals surface area contributed by atoms with E-state index in [0.29, 0.717) is 11.6 Å². The van der Waals surface area contributed by atoms with E-state index in [4.69, 9.17) is 10.6 Å². The summed E-state index contributed by atoms with van der Waals surface area (Å²) in [7, 11) is 3.41. The van der Waals surface area contributed by atoms with Crippen LogP contribution in [0, 0.1) is 6.92 Å². The molecule has 0 fully saturated rings. The minimum atomic E-state index is -0.320. The maximum absolute atomic E-state index is 5.62. The Kier molecular flexibility index (Phi) is 3.54. The molecule has 0 saturated carbocycles. The first-order valence-corrected chi connectivity index (χ1v) is 5.49. The average molecular weight is 248 g/mol. The number of ether oxygens (including phenoxy) is 1. The molecule has 7 nitrogen and oxygen atoms in total. The second kappa shape index (κ2) is 5.11. The predicted molar refractivity (Wildman–Crippen MR) is 65.7 cm³/mol. The van der Waals surface area contributed by atoms with Gasteiger partial charge in [-0.15, -0.1) is 0 Å². The molecule has 0 aliphatic rings. The molecule has 1 unspecified atom stereocenters. The average Bonchev–Trinajstić information content (AvgIpc) is 2.70. The van der Waals surface area contributed by atoms with Crippen molar-refractivity contribution >= 4 is 0 Å². The van der Waals surface area contributed by atoms with Gasteiger partial charge in [-0.1, -0.05) is 0 Å². The second-order valence-corrected chi connectivity index (χ2v) is 3.88. The second-order valence-electron chi connectivity index (χ2n) is 3.88. The number of hydrazine groups is 1. The van der Waals surface area contributed by atoms with Crippen molar-refractivity contribution in [3.8, 4) is 5.88 Å². The lowest BCUT2D eigenvalue weighted by Crippen LogP contribution is -2.31. The lowest BCUT2D eigenvalue weighted by molar-refractivity contribution is 0.381. The van der Waals surface area contributed by atoms with Crippen molar-refractivity contribution < 1.29 is 4.74 Å². The normalized spacial score (nSPS) is 12.4. The number of methoxy groups -OCH3 is 1. The van der Waals surface area contributed by atoms with Crippen LogP contribution in [0.4, 0.5) is 0 Å². The highest BCUT2D eigenvalue weighted by Crippen LogP contribution is 2.25. The summed E-state index contributed by atoms with van der Waals surface area (Å²) in [6.45, 7) is 1.92. The van der Waals surface area contributed by atoms with Crippen molar-refractivity contribution in [3.63, 3.8) is 0 Å². The van der Waals surface area contributed by atoms with Crippen molar-refractivity contribution in [2.24, 2.45) is 12.9 Å². The number of aromatic nitrogens is 4. The van der Waals surface area contributed by atoms with Crippen LogP contribution in [0.25, 0.3) is 0 Å². The fourth-order valence-corrected chi connectivity index (χ4v) is 1.90. The Hall–Kier alpha value is -1.99. The third kappa shape index (κ3) is 2.18. The molecule has 2 aromatic heterocycles. The van der Waals surface area contributed by atoms with Crippen LogP contribution in [0.2, 0.25) is 0 Å². The molecule has 0 aliphatic carbocycles. The van der Waals surface area contributed by atoms with E-state index in [9.17, 15) is 0 Å². The van der Waals surface area contributed by atoms with E-state index in [2.05, 4.69) is 20.5 Å². The van der Waals surface area contributed by atoms with Gasteiger partial charge in [0.25, 0.3) is 0 Å². The van der Waals surface area contributed by atoms with Crippen LogP contribution in [0.3, 0.4) is 0 Å². The molecule has 1 atom stereocenters. The number of nitrogens with two attached hydrogens (primary N) is 1. The van der Waals surface area contributed by atoms with Crippen LogP contribution < -0.4 is 16.0 Å². The molecule has 7 heteroatoms. The molecule has 96 valence electrons. The maximum Gasteiger partial charge on any atom is 0.237 e. The highest BCUT2D eigenvalue weighted by Gasteiger charge is 2.22. The molecule has 0 amide bonds. The first-order valence-electron chi connectivity index (χ1n) is 5.49. The van der Waals surface area contributed by atoms with E-state index in [-0.39, 0.29) is 6.04 Å². The minimum absolute atomic E-state index is 0.320. The molecule has 0 radical (unpaired) electrons. The highest BCUT2D eigenvalue weighted by molar-refractivity contribution is 5.29. The molecule has 18 heavy (non-hydrogen) atoms. The van der Waals surface area contributed by atoms with Gasteiger partial charge >= 0.3 is 0 Å². The van der Waals surface area contributed by atoms with Crippen LogP contribution >= 0.6 is 0 Å². The Labute approximate surface area is 105 Å². The Balaban J connectivity index is 2.48. The van der Waals surface area contributed by atoms with Crippen LogP contribution in [-0.2, 0) is 7.05 Å². The Morgan fingerprint density at radius 2 is 2.11 bits per heavy atom. The summed E-state index contributed by atoms with van der Waals surface area (Å²) in [4.78, 5) is 8.39. The standard InChI is InChI=1S/C11H16N6O/c1-7-6-8(17(2)16-7)9(15-12)10-11(18-3)14-5-4-13-10/h4-6,9,15H,12H2,1-3H3. The van der Waals surface area contributed by atoms with Gasteiger partial charge in [0.05, 0.1) is 18.5 Å². The van der Waals surface area contributed by atoms with E-state index in [0.717, 1.165) is 11.4 Å². The summed E-state index contributed by atoms with van der Waals surface area (Å²) in [5.74, 6) is 6.07. The van der Waals surface area contributed by atoms with E-state index in [1.807, 2.05) is 20.0 Å². The molecule has 2 rings (SSSR count). The lowest BCUT2D eigenvalue weighted by Gasteiger charge is -2.17. The van der Waals surface area contributed by atoms with Gasteiger partial charge in [0.1, 0.15) is 11.7 Å². The van der Waals surface area contributed by atoms with Gasteiger partial charge < -0.3 is 4.74 Å². The monoisotopic (exact) mass is 248 g/mol. The van der Waals surface area contributed by atoms with Crippen molar-refractivity contribution in [3.05, 3.63) is 35.5 Å². The molecule has 2 heterocycles. The summed E-state index contributed by atoms with van der Waals surface area (Å²) in [6, 6.07) is 1.62. The van der Waals surface area contributed by atoms with E-state index >= 15 is 0 Å². The van der Waals surface area contributed by atoms with Crippen molar-refractivity contribution in [1.82, 2.24) is 25.2 Å². The van der Waals surface area contributed by atoms with Gasteiger partial charge in [0.15, 0.2) is 0 Å². The van der Waals surface area contributed by atoms with Crippen molar-refractivity contribution in [1.29, 1.82) is 0 Å². The zero-order valence-electron chi connectivity index (χ0n) is 10.6. The zero-order chi connectivity index (χ0) is 13.1. The number of aryl methyl sites for hydroxylation is 2. The van der Waals surface area contributed by atoms with Gasteiger partial charge in [-0.3, -0.25) is 15.5 Å². The van der Waals surface area contributed by atoms with Crippen LogP contribution in [-0.4, -0.2) is 26.9 Å². The molecule has 0 bridgehead atoms. The molecule has 0 saturated heterocycles. The van der Waals surface area contributed by atoms with Gasteiger partial charge in [0, 0.05) is 19.4 Å². The first kappa shape index (κ1) is 12.5. The van der Waals surface area contributed by atoms with Gasteiger partial charge in [-0.2, -0.15) is 5.10 Å². The summed E-state index contributed by atoms with van der Waals surface area (Å²) in [5.41, 5.74) is 5.16. The number of hydrogen-bond donors (Lipinski definition) is 2. The maximum atomic E-state index is 5.62. The minimum Gasteiger partial charge on any atom is -0.480 e. The third-order valence-corrected chi connectivity index (χ3v) is 2.66. The fraction of sp³-hybridized carbons (Fsp3) is 0.364. The summed E-state index contributed by atoms with van der Waals surface area (Å²) >= 11 is 0. The molecular formula is C11H16N6O. The molecule has 0 spiro atoms. The van der Waals surface area contributed by atoms with E-state index < -0.39 is 0 Å². The van der Waals surface area contributed by atoms with Crippen LogP contribution in [0.5, 0.6) is 5.88 Å². The molecule has 2 aromatic rings.